The molecule has 0 saturated carbocycles. The zero-order valence-electron chi connectivity index (χ0n) is 12.5. The quantitative estimate of drug-likeness (QED) is 0.752. The van der Waals surface area contributed by atoms with Crippen LogP contribution in [0.1, 0.15) is 20.8 Å². The zero-order valence-corrected chi connectivity index (χ0v) is 12.5. The third-order valence-electron chi connectivity index (χ3n) is 2.89. The van der Waals surface area contributed by atoms with Crippen LogP contribution in [0.25, 0.3) is 0 Å². The molecular weight excluding hydrogens is 258 g/mol. The molecule has 0 bridgehead atoms. The van der Waals surface area contributed by atoms with Gasteiger partial charge in [0, 0.05) is 19.2 Å². The van der Waals surface area contributed by atoms with Gasteiger partial charge in [0.2, 0.25) is 5.88 Å². The molecule has 2 N–H and O–H groups in total. The first-order valence-electron chi connectivity index (χ1n) is 6.68. The van der Waals surface area contributed by atoms with E-state index < -0.39 is 0 Å². The Balaban J connectivity index is 2.42. The van der Waals surface area contributed by atoms with Crippen molar-refractivity contribution in [1.82, 2.24) is 10.3 Å². The van der Waals surface area contributed by atoms with E-state index in [1.807, 2.05) is 6.92 Å². The van der Waals surface area contributed by atoms with Crippen molar-refractivity contribution in [2.45, 2.75) is 26.8 Å². The molecule has 1 aromatic rings. The number of carbonyl (C=O) groups is 1. The van der Waals surface area contributed by atoms with Crippen LogP contribution in [-0.4, -0.2) is 37.4 Å². The van der Waals surface area contributed by atoms with Crippen molar-refractivity contribution in [3.63, 3.8) is 0 Å². The van der Waals surface area contributed by atoms with E-state index in [1.165, 1.54) is 0 Å². The minimum Gasteiger partial charge on any atom is -0.475 e. The lowest BCUT2D eigenvalue weighted by atomic mass is 10.1. The molecule has 2 amide bonds. The predicted octanol–water partition coefficient (Wildman–Crippen LogP) is 2.27. The first kappa shape index (κ1) is 16.2. The molecule has 0 radical (unpaired) electrons. The summed E-state index contributed by atoms with van der Waals surface area (Å²) in [6.07, 6.45) is 1.56. The third kappa shape index (κ3) is 5.88. The molecule has 1 aromatic heterocycles. The Labute approximate surface area is 119 Å². The number of ether oxygens (including phenoxy) is 2. The summed E-state index contributed by atoms with van der Waals surface area (Å²) in [6, 6.07) is 3.33. The van der Waals surface area contributed by atoms with Gasteiger partial charge in [0.1, 0.15) is 6.61 Å². The van der Waals surface area contributed by atoms with E-state index in [0.717, 1.165) is 0 Å². The molecule has 20 heavy (non-hydrogen) atoms. The Morgan fingerprint density at radius 1 is 1.30 bits per heavy atom. The highest BCUT2D eigenvalue weighted by atomic mass is 16.5. The van der Waals surface area contributed by atoms with Crippen LogP contribution in [0.15, 0.2) is 18.3 Å². The highest BCUT2D eigenvalue weighted by molar-refractivity contribution is 5.89. The second-order valence-electron chi connectivity index (χ2n) is 4.86. The summed E-state index contributed by atoms with van der Waals surface area (Å²) < 4.78 is 10.2. The van der Waals surface area contributed by atoms with Crippen LogP contribution in [0.4, 0.5) is 10.5 Å². The number of amides is 2. The smallest absolute Gasteiger partial charge is 0.319 e. The Morgan fingerprint density at radius 3 is 2.60 bits per heavy atom. The van der Waals surface area contributed by atoms with E-state index in [2.05, 4.69) is 29.5 Å². The summed E-state index contributed by atoms with van der Waals surface area (Å²) in [7, 11) is 1.61. The van der Waals surface area contributed by atoms with E-state index >= 15 is 0 Å². The Kier molecular flexibility index (Phi) is 6.79. The van der Waals surface area contributed by atoms with Crippen LogP contribution in [0.3, 0.4) is 0 Å². The number of methoxy groups -OCH3 is 1. The fourth-order valence-electron chi connectivity index (χ4n) is 1.31. The van der Waals surface area contributed by atoms with E-state index in [0.29, 0.717) is 30.7 Å². The van der Waals surface area contributed by atoms with Crippen LogP contribution in [0.5, 0.6) is 5.88 Å². The minimum absolute atomic E-state index is 0.111. The second-order valence-corrected chi connectivity index (χ2v) is 4.86. The zero-order chi connectivity index (χ0) is 15.0. The van der Waals surface area contributed by atoms with E-state index in [-0.39, 0.29) is 12.1 Å². The normalized spacial score (nSPS) is 12.1. The van der Waals surface area contributed by atoms with Gasteiger partial charge < -0.3 is 20.1 Å². The van der Waals surface area contributed by atoms with Gasteiger partial charge in [-0.1, -0.05) is 13.8 Å². The summed E-state index contributed by atoms with van der Waals surface area (Å²) in [6.45, 7) is 7.03. The van der Waals surface area contributed by atoms with E-state index in [4.69, 9.17) is 9.47 Å². The molecular formula is C14H23N3O3. The first-order valence-corrected chi connectivity index (χ1v) is 6.68. The van der Waals surface area contributed by atoms with Gasteiger partial charge in [-0.25, -0.2) is 9.78 Å². The molecule has 6 heteroatoms. The Hall–Kier alpha value is -1.82. The molecule has 1 heterocycles. The molecule has 0 unspecified atom stereocenters. The summed E-state index contributed by atoms with van der Waals surface area (Å²) in [5.74, 6) is 0.888. The number of carbonyl (C=O) groups excluding carboxylic acids is 1. The van der Waals surface area contributed by atoms with Gasteiger partial charge >= 0.3 is 6.03 Å². The van der Waals surface area contributed by atoms with E-state index in [9.17, 15) is 4.79 Å². The number of nitrogens with one attached hydrogen (secondary N) is 2. The van der Waals surface area contributed by atoms with Crippen molar-refractivity contribution >= 4 is 11.7 Å². The van der Waals surface area contributed by atoms with Gasteiger partial charge in [-0.15, -0.1) is 0 Å². The highest BCUT2D eigenvalue weighted by Crippen LogP contribution is 2.11. The van der Waals surface area contributed by atoms with Gasteiger partial charge in [-0.3, -0.25) is 0 Å². The van der Waals surface area contributed by atoms with Gasteiger partial charge in [-0.2, -0.15) is 0 Å². The van der Waals surface area contributed by atoms with Crippen molar-refractivity contribution < 1.29 is 14.3 Å². The third-order valence-corrected chi connectivity index (χ3v) is 2.89. The number of pyridine rings is 1. The fraction of sp³-hybridized carbons (Fsp3) is 0.571. The maximum atomic E-state index is 11.7. The van der Waals surface area contributed by atoms with Crippen molar-refractivity contribution in [3.05, 3.63) is 18.3 Å². The van der Waals surface area contributed by atoms with Crippen molar-refractivity contribution in [2.75, 3.05) is 25.6 Å². The van der Waals surface area contributed by atoms with Crippen LogP contribution < -0.4 is 15.4 Å². The largest absolute Gasteiger partial charge is 0.475 e. The summed E-state index contributed by atoms with van der Waals surface area (Å²) >= 11 is 0. The minimum atomic E-state index is -0.235. The number of hydrogen-bond donors (Lipinski definition) is 2. The monoisotopic (exact) mass is 281 g/mol. The second kappa shape index (κ2) is 8.37. The van der Waals surface area contributed by atoms with Gasteiger partial charge in [-0.05, 0) is 18.9 Å². The maximum absolute atomic E-state index is 11.7. The molecule has 6 nitrogen and oxygen atoms in total. The SMILES string of the molecule is COCCOc1ccc(NC(=O)N[C@H](C)C(C)C)cn1. The molecule has 0 saturated heterocycles. The molecule has 0 aliphatic rings. The molecule has 0 fully saturated rings. The van der Waals surface area contributed by atoms with Crippen molar-refractivity contribution in [2.24, 2.45) is 5.92 Å². The Morgan fingerprint density at radius 2 is 2.05 bits per heavy atom. The molecule has 0 aliphatic carbocycles. The average molecular weight is 281 g/mol. The molecule has 112 valence electrons. The van der Waals surface area contributed by atoms with Gasteiger partial charge in [0.05, 0.1) is 18.5 Å². The molecule has 1 atom stereocenters. The van der Waals surface area contributed by atoms with Crippen LogP contribution in [0, 0.1) is 5.92 Å². The maximum Gasteiger partial charge on any atom is 0.319 e. The number of hydrogen-bond acceptors (Lipinski definition) is 4. The predicted molar refractivity (Wildman–Crippen MR) is 78.1 cm³/mol. The summed E-state index contributed by atoms with van der Waals surface area (Å²) in [5, 5.41) is 5.59. The Bertz CT molecular complexity index is 407. The van der Waals surface area contributed by atoms with Crippen molar-refractivity contribution in [1.29, 1.82) is 0 Å². The summed E-state index contributed by atoms with van der Waals surface area (Å²) in [4.78, 5) is 15.8. The number of urea groups is 1. The number of rotatable bonds is 7. The first-order chi connectivity index (χ1) is 9.52. The molecule has 0 spiro atoms. The van der Waals surface area contributed by atoms with Crippen LogP contribution >= 0.6 is 0 Å². The lowest BCUT2D eigenvalue weighted by Crippen LogP contribution is -2.39. The fourth-order valence-corrected chi connectivity index (χ4v) is 1.31. The van der Waals surface area contributed by atoms with E-state index in [1.54, 1.807) is 25.4 Å². The molecule has 0 aliphatic heterocycles. The number of aromatic nitrogens is 1. The van der Waals surface area contributed by atoms with Gasteiger partial charge in [0.25, 0.3) is 0 Å². The van der Waals surface area contributed by atoms with Crippen LogP contribution in [0.2, 0.25) is 0 Å². The standard InChI is InChI=1S/C14H23N3O3/c1-10(2)11(3)16-14(18)17-12-5-6-13(15-9-12)20-8-7-19-4/h5-6,9-11H,7-8H2,1-4H3,(H2,16,17,18)/t11-/m1/s1. The van der Waals surface area contributed by atoms with Crippen molar-refractivity contribution in [3.8, 4) is 5.88 Å². The van der Waals surface area contributed by atoms with Gasteiger partial charge in [0.15, 0.2) is 0 Å². The van der Waals surface area contributed by atoms with Crippen LogP contribution in [-0.2, 0) is 4.74 Å². The lowest BCUT2D eigenvalue weighted by Gasteiger charge is -2.17. The summed E-state index contributed by atoms with van der Waals surface area (Å²) in [5.41, 5.74) is 0.623. The number of anilines is 1. The molecule has 1 rings (SSSR count). The molecule has 0 aromatic carbocycles. The lowest BCUT2D eigenvalue weighted by molar-refractivity contribution is 0.144. The average Bonchev–Trinajstić information content (AvgIpc) is 2.40. The highest BCUT2D eigenvalue weighted by Gasteiger charge is 2.10. The number of nitrogens with zero attached hydrogens (tertiary/aromatic N) is 1. The topological polar surface area (TPSA) is 72.5 Å².